The molecule has 1 aliphatic rings. The second kappa shape index (κ2) is 8.41. The summed E-state index contributed by atoms with van der Waals surface area (Å²) in [6.45, 7) is 14.7. The molecule has 0 fully saturated rings. The van der Waals surface area contributed by atoms with Crippen molar-refractivity contribution in [3.8, 4) is 6.07 Å². The fourth-order valence-electron chi connectivity index (χ4n) is 4.37. The van der Waals surface area contributed by atoms with Crippen LogP contribution in [-0.2, 0) is 17.8 Å². The van der Waals surface area contributed by atoms with E-state index in [0.717, 1.165) is 5.69 Å². The Morgan fingerprint density at radius 3 is 2.57 bits per heavy atom. The molecule has 0 saturated heterocycles. The largest absolute Gasteiger partial charge is 0.443 e. The average Bonchev–Trinajstić information content (AvgIpc) is 3.25. The van der Waals surface area contributed by atoms with Crippen LogP contribution in [0.2, 0.25) is 0 Å². The molecule has 2 aromatic heterocycles. The molecule has 35 heavy (non-hydrogen) atoms. The Morgan fingerprint density at radius 2 is 1.94 bits per heavy atom. The van der Waals surface area contributed by atoms with Crippen molar-refractivity contribution in [3.63, 3.8) is 0 Å². The molecule has 0 saturated carbocycles. The van der Waals surface area contributed by atoms with Gasteiger partial charge in [0, 0.05) is 25.0 Å². The SMILES string of the molecule is CCn1nc(C)cc1C(=O)Nc1nc2cc(C#N)cc3c2n1CC(C)(C)CN3C(=O)OC(C)(C)C. The molecule has 2 amide bonds. The van der Waals surface area contributed by atoms with Gasteiger partial charge in [0.15, 0.2) is 0 Å². The zero-order chi connectivity index (χ0) is 25.7. The van der Waals surface area contributed by atoms with E-state index in [1.54, 1.807) is 27.8 Å². The van der Waals surface area contributed by atoms with E-state index in [1.807, 2.05) is 53.0 Å². The second-order valence-corrected chi connectivity index (χ2v) is 10.7. The second-order valence-electron chi connectivity index (χ2n) is 10.7. The van der Waals surface area contributed by atoms with Crippen molar-refractivity contribution in [1.29, 1.82) is 5.26 Å². The Hall–Kier alpha value is -3.87. The highest BCUT2D eigenvalue weighted by Gasteiger charge is 2.36. The number of hydrogen-bond donors (Lipinski definition) is 1. The number of nitriles is 1. The minimum Gasteiger partial charge on any atom is -0.443 e. The van der Waals surface area contributed by atoms with Crippen LogP contribution in [0.25, 0.3) is 11.0 Å². The number of anilines is 2. The summed E-state index contributed by atoms with van der Waals surface area (Å²) >= 11 is 0. The van der Waals surface area contributed by atoms with E-state index in [-0.39, 0.29) is 5.91 Å². The Balaban J connectivity index is 1.87. The molecule has 0 radical (unpaired) electrons. The third kappa shape index (κ3) is 4.71. The molecule has 10 heteroatoms. The third-order valence-corrected chi connectivity index (χ3v) is 5.69. The van der Waals surface area contributed by atoms with Crippen LogP contribution >= 0.6 is 0 Å². The minimum absolute atomic E-state index is 0.327. The summed E-state index contributed by atoms with van der Waals surface area (Å²) in [6, 6.07) is 7.22. The summed E-state index contributed by atoms with van der Waals surface area (Å²) < 4.78 is 9.25. The van der Waals surface area contributed by atoms with E-state index >= 15 is 0 Å². The number of carbonyl (C=O) groups is 2. The Labute approximate surface area is 204 Å². The van der Waals surface area contributed by atoms with Crippen molar-refractivity contribution >= 4 is 34.7 Å². The molecule has 184 valence electrons. The number of benzene rings is 1. The summed E-state index contributed by atoms with van der Waals surface area (Å²) in [6.07, 6.45) is -0.496. The first-order valence-corrected chi connectivity index (χ1v) is 11.6. The topological polar surface area (TPSA) is 118 Å². The van der Waals surface area contributed by atoms with Crippen LogP contribution in [0.4, 0.5) is 16.4 Å². The molecule has 10 nitrogen and oxygen atoms in total. The van der Waals surface area contributed by atoms with Crippen molar-refractivity contribution in [2.45, 2.75) is 67.2 Å². The van der Waals surface area contributed by atoms with E-state index in [1.165, 1.54) is 0 Å². The molecule has 0 atom stereocenters. The number of nitrogens with one attached hydrogen (secondary N) is 1. The first kappa shape index (κ1) is 24.3. The van der Waals surface area contributed by atoms with Crippen molar-refractivity contribution in [2.24, 2.45) is 5.41 Å². The van der Waals surface area contributed by atoms with Gasteiger partial charge in [-0.15, -0.1) is 0 Å². The van der Waals surface area contributed by atoms with Gasteiger partial charge in [-0.1, -0.05) is 13.8 Å². The van der Waals surface area contributed by atoms with Gasteiger partial charge < -0.3 is 9.30 Å². The number of hydrogen-bond acceptors (Lipinski definition) is 6. The monoisotopic (exact) mass is 477 g/mol. The number of nitrogens with zero attached hydrogens (tertiary/aromatic N) is 6. The predicted molar refractivity (Wildman–Crippen MR) is 132 cm³/mol. The smallest absolute Gasteiger partial charge is 0.414 e. The minimum atomic E-state index is -0.681. The maximum absolute atomic E-state index is 13.3. The first-order valence-electron chi connectivity index (χ1n) is 11.6. The molecule has 0 spiro atoms. The summed E-state index contributed by atoms with van der Waals surface area (Å²) in [5.74, 6) is 0.0223. The van der Waals surface area contributed by atoms with E-state index < -0.39 is 17.1 Å². The standard InChI is InChI=1S/C25H31N7O3/c1-8-32-19(9-15(2)29-32)21(33)28-22-27-17-10-16(12-26)11-18-20(17)31(22)14-25(6,7)13-30(18)23(34)35-24(3,4)5/h9-11H,8,13-14H2,1-7H3,(H,27,28,33). The van der Waals surface area contributed by atoms with Crippen molar-refractivity contribution < 1.29 is 14.3 Å². The molecule has 1 aromatic carbocycles. The first-order chi connectivity index (χ1) is 16.3. The van der Waals surface area contributed by atoms with Gasteiger partial charge in [0.05, 0.1) is 34.0 Å². The molecule has 3 aromatic rings. The molecular weight excluding hydrogens is 446 g/mol. The molecular formula is C25H31N7O3. The lowest BCUT2D eigenvalue weighted by atomic mass is 9.93. The van der Waals surface area contributed by atoms with E-state index in [4.69, 9.17) is 4.74 Å². The maximum atomic E-state index is 13.3. The van der Waals surface area contributed by atoms with Gasteiger partial charge in [-0.05, 0) is 52.8 Å². The zero-order valence-electron chi connectivity index (χ0n) is 21.3. The highest BCUT2D eigenvalue weighted by Crippen LogP contribution is 2.39. The summed E-state index contributed by atoms with van der Waals surface area (Å²) in [4.78, 5) is 32.7. The highest BCUT2D eigenvalue weighted by atomic mass is 16.6. The highest BCUT2D eigenvalue weighted by molar-refractivity contribution is 6.05. The van der Waals surface area contributed by atoms with Crippen LogP contribution in [0.5, 0.6) is 0 Å². The van der Waals surface area contributed by atoms with Gasteiger partial charge >= 0.3 is 6.09 Å². The maximum Gasteiger partial charge on any atom is 0.414 e. The average molecular weight is 478 g/mol. The molecule has 1 aliphatic heterocycles. The number of carbonyl (C=O) groups excluding carboxylic acids is 2. The lowest BCUT2D eigenvalue weighted by molar-refractivity contribution is 0.0566. The van der Waals surface area contributed by atoms with Crippen molar-refractivity contribution in [2.75, 3.05) is 16.8 Å². The van der Waals surface area contributed by atoms with Crippen LogP contribution in [-0.4, -0.2) is 43.5 Å². The Bertz CT molecular complexity index is 1370. The lowest BCUT2D eigenvalue weighted by Crippen LogP contribution is -2.42. The van der Waals surface area contributed by atoms with E-state index in [9.17, 15) is 14.9 Å². The quantitative estimate of drug-likeness (QED) is 0.595. The number of ether oxygens (including phenoxy) is 1. The number of rotatable bonds is 3. The number of aromatic nitrogens is 4. The zero-order valence-corrected chi connectivity index (χ0v) is 21.3. The fourth-order valence-corrected chi connectivity index (χ4v) is 4.37. The summed E-state index contributed by atoms with van der Waals surface area (Å²) in [5, 5.41) is 16.9. The fraction of sp³-hybridized carbons (Fsp3) is 0.480. The van der Waals surface area contributed by atoms with Crippen LogP contribution in [0, 0.1) is 23.7 Å². The molecule has 0 bridgehead atoms. The van der Waals surface area contributed by atoms with Gasteiger partial charge in [0.2, 0.25) is 5.95 Å². The number of amides is 2. The van der Waals surface area contributed by atoms with Crippen molar-refractivity contribution in [1.82, 2.24) is 19.3 Å². The van der Waals surface area contributed by atoms with Gasteiger partial charge in [0.25, 0.3) is 5.91 Å². The molecule has 0 aliphatic carbocycles. The van der Waals surface area contributed by atoms with Crippen LogP contribution in [0.1, 0.15) is 63.3 Å². The van der Waals surface area contributed by atoms with Gasteiger partial charge in [0.1, 0.15) is 11.3 Å². The van der Waals surface area contributed by atoms with Crippen LogP contribution < -0.4 is 10.2 Å². The van der Waals surface area contributed by atoms with Gasteiger partial charge in [-0.3, -0.25) is 19.7 Å². The number of imidazole rings is 1. The van der Waals surface area contributed by atoms with E-state index in [0.29, 0.717) is 53.6 Å². The van der Waals surface area contributed by atoms with Crippen molar-refractivity contribution in [3.05, 3.63) is 35.2 Å². The summed E-state index contributed by atoms with van der Waals surface area (Å²) in [7, 11) is 0. The predicted octanol–water partition coefficient (Wildman–Crippen LogP) is 4.47. The molecule has 4 rings (SSSR count). The van der Waals surface area contributed by atoms with E-state index in [2.05, 4.69) is 21.5 Å². The Kier molecular flexibility index (Phi) is 5.83. The molecule has 1 N–H and O–H groups in total. The Morgan fingerprint density at radius 1 is 1.23 bits per heavy atom. The molecule has 0 unspecified atom stereocenters. The van der Waals surface area contributed by atoms with Crippen LogP contribution in [0.15, 0.2) is 18.2 Å². The number of aryl methyl sites for hydroxylation is 2. The molecule has 3 heterocycles. The third-order valence-electron chi connectivity index (χ3n) is 5.69. The normalized spacial score (nSPS) is 15.0. The summed E-state index contributed by atoms with van der Waals surface area (Å²) in [5.41, 5.74) is 2.18. The van der Waals surface area contributed by atoms with Gasteiger partial charge in [-0.25, -0.2) is 9.78 Å². The van der Waals surface area contributed by atoms with Gasteiger partial charge in [-0.2, -0.15) is 10.4 Å². The lowest BCUT2D eigenvalue weighted by Gasteiger charge is -2.32. The van der Waals surface area contributed by atoms with Crippen LogP contribution in [0.3, 0.4) is 0 Å².